The van der Waals surface area contributed by atoms with Crippen LogP contribution in [0.15, 0.2) is 18.2 Å². The molecule has 1 aromatic carbocycles. The van der Waals surface area contributed by atoms with Crippen molar-refractivity contribution in [2.24, 2.45) is 0 Å². The monoisotopic (exact) mass is 269 g/mol. The van der Waals surface area contributed by atoms with Gasteiger partial charge in [0.2, 0.25) is 0 Å². The number of hydrogen-bond acceptors (Lipinski definition) is 3. The topological polar surface area (TPSA) is 41.5 Å². The molecule has 0 fully saturated rings. The van der Waals surface area contributed by atoms with E-state index in [1.807, 2.05) is 6.92 Å². The van der Waals surface area contributed by atoms with Crippen molar-refractivity contribution in [2.45, 2.75) is 52.4 Å². The summed E-state index contributed by atoms with van der Waals surface area (Å²) in [5.41, 5.74) is 0.779. The molecule has 0 spiro atoms. The number of rotatable bonds is 7. The minimum absolute atomic E-state index is 0.00634. The van der Waals surface area contributed by atoms with Crippen LogP contribution in [0.4, 0.5) is 4.39 Å². The average Bonchev–Trinajstić information content (AvgIpc) is 2.37. The van der Waals surface area contributed by atoms with Crippen LogP contribution in [0.2, 0.25) is 0 Å². The van der Waals surface area contributed by atoms with Gasteiger partial charge in [0.1, 0.15) is 17.7 Å². The number of nitrogens with one attached hydrogen (secondary N) is 1. The molecule has 0 amide bonds. The molecular weight excluding hydrogens is 245 g/mol. The summed E-state index contributed by atoms with van der Waals surface area (Å²) in [5, 5.41) is 12.8. The fourth-order valence-electron chi connectivity index (χ4n) is 1.73. The molecule has 0 saturated heterocycles. The zero-order valence-electron chi connectivity index (χ0n) is 12.1. The van der Waals surface area contributed by atoms with E-state index in [1.165, 1.54) is 12.1 Å². The minimum Gasteiger partial charge on any atom is -0.488 e. The van der Waals surface area contributed by atoms with Gasteiger partial charge in [-0.25, -0.2) is 4.39 Å². The molecule has 0 bridgehead atoms. The van der Waals surface area contributed by atoms with Gasteiger partial charge in [-0.15, -0.1) is 0 Å². The fraction of sp³-hybridized carbons (Fsp3) is 0.600. The van der Waals surface area contributed by atoms with Crippen molar-refractivity contribution in [3.05, 3.63) is 29.6 Å². The third-order valence-electron chi connectivity index (χ3n) is 3.13. The predicted octanol–water partition coefficient (Wildman–Crippen LogP) is 3.03. The van der Waals surface area contributed by atoms with Crippen LogP contribution in [0.5, 0.6) is 5.75 Å². The molecular formula is C15H24FNO2. The van der Waals surface area contributed by atoms with Gasteiger partial charge in [-0.05, 0) is 51.9 Å². The summed E-state index contributed by atoms with van der Waals surface area (Å²) in [6, 6.07) is 4.48. The van der Waals surface area contributed by atoms with Gasteiger partial charge in [-0.3, -0.25) is 0 Å². The maximum absolute atomic E-state index is 13.4. The Morgan fingerprint density at radius 2 is 2.00 bits per heavy atom. The van der Waals surface area contributed by atoms with E-state index in [1.54, 1.807) is 19.9 Å². The van der Waals surface area contributed by atoms with E-state index < -0.39 is 6.10 Å². The molecule has 0 saturated carbocycles. The summed E-state index contributed by atoms with van der Waals surface area (Å²) in [5.74, 6) is 0.336. The smallest absolute Gasteiger partial charge is 0.124 e. The van der Waals surface area contributed by atoms with Gasteiger partial charge in [0.05, 0.1) is 6.10 Å². The van der Waals surface area contributed by atoms with Crippen molar-refractivity contribution >= 4 is 0 Å². The lowest BCUT2D eigenvalue weighted by Gasteiger charge is -2.22. The van der Waals surface area contributed by atoms with Crippen LogP contribution >= 0.6 is 0 Å². The van der Waals surface area contributed by atoms with Crippen molar-refractivity contribution in [3.8, 4) is 5.75 Å². The molecule has 1 aromatic rings. The lowest BCUT2D eigenvalue weighted by molar-refractivity contribution is 0.0594. The van der Waals surface area contributed by atoms with Gasteiger partial charge in [0.25, 0.3) is 0 Å². The van der Waals surface area contributed by atoms with Crippen molar-refractivity contribution in [2.75, 3.05) is 6.54 Å². The average molecular weight is 269 g/mol. The van der Waals surface area contributed by atoms with Crippen LogP contribution < -0.4 is 10.1 Å². The molecule has 0 aliphatic carbocycles. The van der Waals surface area contributed by atoms with E-state index >= 15 is 0 Å². The van der Waals surface area contributed by atoms with E-state index in [2.05, 4.69) is 12.2 Å². The first-order valence-electron chi connectivity index (χ1n) is 6.83. The van der Waals surface area contributed by atoms with E-state index in [9.17, 15) is 9.50 Å². The first kappa shape index (κ1) is 15.9. The molecule has 3 unspecified atom stereocenters. The van der Waals surface area contributed by atoms with Crippen LogP contribution in [0.1, 0.15) is 45.7 Å². The highest BCUT2D eigenvalue weighted by Gasteiger charge is 2.16. The fourth-order valence-corrected chi connectivity index (χ4v) is 1.73. The number of halogens is 1. The highest BCUT2D eigenvalue weighted by Crippen LogP contribution is 2.27. The molecule has 0 aliphatic rings. The molecule has 108 valence electrons. The standard InChI is InChI=1S/C15H24FNO2/c1-5-8-17-10(2)14-9-13(16)6-7-15(14)19-12(4)11(3)18/h6-7,9-12,17-18H,5,8H2,1-4H3. The third-order valence-corrected chi connectivity index (χ3v) is 3.13. The van der Waals surface area contributed by atoms with Crippen LogP contribution in [-0.2, 0) is 0 Å². The highest BCUT2D eigenvalue weighted by atomic mass is 19.1. The van der Waals surface area contributed by atoms with Gasteiger partial charge in [-0.1, -0.05) is 6.92 Å². The number of aliphatic hydroxyl groups excluding tert-OH is 1. The summed E-state index contributed by atoms with van der Waals surface area (Å²) in [6.07, 6.45) is 0.110. The Morgan fingerprint density at radius 1 is 1.32 bits per heavy atom. The van der Waals surface area contributed by atoms with E-state index in [-0.39, 0.29) is 18.0 Å². The second-order valence-corrected chi connectivity index (χ2v) is 4.92. The quantitative estimate of drug-likeness (QED) is 0.799. The molecule has 1 rings (SSSR count). The van der Waals surface area contributed by atoms with E-state index in [0.29, 0.717) is 5.75 Å². The zero-order valence-corrected chi connectivity index (χ0v) is 12.1. The van der Waals surface area contributed by atoms with Crippen LogP contribution in [0.3, 0.4) is 0 Å². The lowest BCUT2D eigenvalue weighted by atomic mass is 10.1. The predicted molar refractivity (Wildman–Crippen MR) is 74.9 cm³/mol. The second kappa shape index (κ2) is 7.46. The van der Waals surface area contributed by atoms with Gasteiger partial charge in [0, 0.05) is 11.6 Å². The normalized spacial score (nSPS) is 15.9. The Morgan fingerprint density at radius 3 is 2.58 bits per heavy atom. The van der Waals surface area contributed by atoms with E-state index in [0.717, 1.165) is 18.5 Å². The maximum Gasteiger partial charge on any atom is 0.124 e. The van der Waals surface area contributed by atoms with Crippen LogP contribution in [0.25, 0.3) is 0 Å². The Kier molecular flexibility index (Phi) is 6.25. The molecule has 3 atom stereocenters. The van der Waals surface area contributed by atoms with Crippen molar-refractivity contribution in [3.63, 3.8) is 0 Å². The van der Waals surface area contributed by atoms with Gasteiger partial charge < -0.3 is 15.2 Å². The minimum atomic E-state index is -0.572. The van der Waals surface area contributed by atoms with Crippen LogP contribution in [-0.4, -0.2) is 23.9 Å². The first-order valence-corrected chi connectivity index (χ1v) is 6.83. The molecule has 0 aromatic heterocycles. The van der Waals surface area contributed by atoms with Gasteiger partial charge in [-0.2, -0.15) is 0 Å². The van der Waals surface area contributed by atoms with Crippen molar-refractivity contribution in [1.29, 1.82) is 0 Å². The highest BCUT2D eigenvalue weighted by molar-refractivity contribution is 5.36. The summed E-state index contributed by atoms with van der Waals surface area (Å²) in [7, 11) is 0. The molecule has 2 N–H and O–H groups in total. The van der Waals surface area contributed by atoms with E-state index in [4.69, 9.17) is 4.74 Å². The maximum atomic E-state index is 13.4. The lowest BCUT2D eigenvalue weighted by Crippen LogP contribution is -2.27. The number of ether oxygens (including phenoxy) is 1. The molecule has 3 nitrogen and oxygen atoms in total. The number of aliphatic hydroxyl groups is 1. The molecule has 0 aliphatic heterocycles. The third kappa shape index (κ3) is 4.80. The Hall–Kier alpha value is -1.13. The molecule has 0 radical (unpaired) electrons. The SMILES string of the molecule is CCCNC(C)c1cc(F)ccc1OC(C)C(C)O. The molecule has 4 heteroatoms. The van der Waals surface area contributed by atoms with Gasteiger partial charge >= 0.3 is 0 Å². The van der Waals surface area contributed by atoms with Crippen LogP contribution in [0, 0.1) is 5.82 Å². The number of benzene rings is 1. The summed E-state index contributed by atoms with van der Waals surface area (Å²) in [4.78, 5) is 0. The number of hydrogen-bond donors (Lipinski definition) is 2. The summed E-state index contributed by atoms with van der Waals surface area (Å²) >= 11 is 0. The molecule has 19 heavy (non-hydrogen) atoms. The summed E-state index contributed by atoms with van der Waals surface area (Å²) < 4.78 is 19.1. The first-order chi connectivity index (χ1) is 8.95. The largest absolute Gasteiger partial charge is 0.488 e. The zero-order chi connectivity index (χ0) is 14.4. The molecule has 0 heterocycles. The van der Waals surface area contributed by atoms with Crippen molar-refractivity contribution < 1.29 is 14.2 Å². The van der Waals surface area contributed by atoms with Gasteiger partial charge in [0.15, 0.2) is 0 Å². The van der Waals surface area contributed by atoms with Crippen molar-refractivity contribution in [1.82, 2.24) is 5.32 Å². The Balaban J connectivity index is 2.90. The summed E-state index contributed by atoms with van der Waals surface area (Å²) in [6.45, 7) is 8.39. The Bertz CT molecular complexity index is 396. The second-order valence-electron chi connectivity index (χ2n) is 4.92. The Labute approximate surface area is 114 Å².